The van der Waals surface area contributed by atoms with Gasteiger partial charge in [-0.1, -0.05) is 22.0 Å². The van der Waals surface area contributed by atoms with Crippen molar-refractivity contribution in [2.45, 2.75) is 6.61 Å². The smallest absolute Gasteiger partial charge is 0.150 e. The van der Waals surface area contributed by atoms with Crippen LogP contribution in [0.1, 0.15) is 5.56 Å². The van der Waals surface area contributed by atoms with Crippen LogP contribution in [0, 0.1) is 5.82 Å². The monoisotopic (exact) mass is 278 g/mol. The molecule has 0 heterocycles. The Balaban J connectivity index is 2.37. The Bertz CT molecular complexity index is 286. The summed E-state index contributed by atoms with van der Waals surface area (Å²) in [5, 5.41) is 0. The van der Waals surface area contributed by atoms with Crippen LogP contribution in [-0.2, 0) is 20.8 Å². The Hall–Kier alpha value is -0.490. The Labute approximate surface area is 96.3 Å². The van der Waals surface area contributed by atoms with Crippen LogP contribution in [0.25, 0.3) is 0 Å². The predicted octanol–water partition coefficient (Wildman–Crippen LogP) is 2.68. The van der Waals surface area contributed by atoms with E-state index in [9.17, 15) is 4.39 Å². The molecule has 0 aromatic heterocycles. The summed E-state index contributed by atoms with van der Waals surface area (Å²) < 4.78 is 28.6. The lowest BCUT2D eigenvalue weighted by atomic mass is 10.2. The second-order valence-electron chi connectivity index (χ2n) is 2.78. The first kappa shape index (κ1) is 12.6. The van der Waals surface area contributed by atoms with Crippen molar-refractivity contribution in [2.75, 3.05) is 20.7 Å². The largest absolute Gasteiger partial charge is 0.359 e. The van der Waals surface area contributed by atoms with E-state index in [0.717, 1.165) is 0 Å². The fourth-order valence-corrected chi connectivity index (χ4v) is 1.45. The van der Waals surface area contributed by atoms with E-state index in [1.165, 1.54) is 13.2 Å². The highest BCUT2D eigenvalue weighted by Gasteiger charge is 2.05. The van der Waals surface area contributed by atoms with Crippen molar-refractivity contribution in [2.24, 2.45) is 0 Å². The lowest BCUT2D eigenvalue weighted by Gasteiger charge is -2.07. The zero-order valence-electron chi connectivity index (χ0n) is 8.33. The predicted molar refractivity (Wildman–Crippen MR) is 56.7 cm³/mol. The molecule has 0 amide bonds. The number of benzene rings is 1. The standard InChI is InChI=1S/C10H12BrFO3/c1-13-6-15-7-14-5-8-9(11)3-2-4-10(8)12/h2-4H,5-7H2,1H3. The maximum absolute atomic E-state index is 13.3. The number of ether oxygens (including phenoxy) is 3. The maximum Gasteiger partial charge on any atom is 0.150 e. The van der Waals surface area contributed by atoms with Gasteiger partial charge < -0.3 is 14.2 Å². The molecule has 0 aliphatic rings. The number of hydrogen-bond acceptors (Lipinski definition) is 3. The molecule has 0 radical (unpaired) electrons. The third-order valence-electron chi connectivity index (χ3n) is 1.68. The fourth-order valence-electron chi connectivity index (χ4n) is 0.990. The fraction of sp³-hybridized carbons (Fsp3) is 0.400. The molecule has 0 aliphatic heterocycles. The van der Waals surface area contributed by atoms with Gasteiger partial charge in [-0.25, -0.2) is 4.39 Å². The van der Waals surface area contributed by atoms with Crippen LogP contribution < -0.4 is 0 Å². The van der Waals surface area contributed by atoms with Gasteiger partial charge in [0.05, 0.1) is 6.61 Å². The van der Waals surface area contributed by atoms with E-state index in [2.05, 4.69) is 20.7 Å². The first-order valence-electron chi connectivity index (χ1n) is 4.33. The van der Waals surface area contributed by atoms with Gasteiger partial charge in [-0.05, 0) is 12.1 Å². The molecule has 5 heteroatoms. The molecule has 15 heavy (non-hydrogen) atoms. The van der Waals surface area contributed by atoms with Gasteiger partial charge in [0.15, 0.2) is 0 Å². The number of methoxy groups -OCH3 is 1. The van der Waals surface area contributed by atoms with Gasteiger partial charge in [0.25, 0.3) is 0 Å². The molecule has 0 unspecified atom stereocenters. The summed E-state index contributed by atoms with van der Waals surface area (Å²) in [4.78, 5) is 0. The van der Waals surface area contributed by atoms with Crippen molar-refractivity contribution in [3.8, 4) is 0 Å². The number of hydrogen-bond donors (Lipinski definition) is 0. The summed E-state index contributed by atoms with van der Waals surface area (Å²) in [7, 11) is 1.52. The molecule has 0 aliphatic carbocycles. The molecule has 0 spiro atoms. The van der Waals surface area contributed by atoms with Gasteiger partial charge in [-0.3, -0.25) is 0 Å². The van der Waals surface area contributed by atoms with Crippen molar-refractivity contribution < 1.29 is 18.6 Å². The first-order valence-corrected chi connectivity index (χ1v) is 5.12. The molecule has 84 valence electrons. The van der Waals surface area contributed by atoms with Crippen molar-refractivity contribution in [3.63, 3.8) is 0 Å². The minimum Gasteiger partial charge on any atom is -0.359 e. The Morgan fingerprint density at radius 2 is 2.07 bits per heavy atom. The van der Waals surface area contributed by atoms with E-state index >= 15 is 0 Å². The molecule has 1 aromatic carbocycles. The van der Waals surface area contributed by atoms with Gasteiger partial charge in [0.2, 0.25) is 0 Å². The molecular formula is C10H12BrFO3. The Morgan fingerprint density at radius 1 is 1.27 bits per heavy atom. The van der Waals surface area contributed by atoms with Crippen LogP contribution in [-0.4, -0.2) is 20.7 Å². The minimum atomic E-state index is -0.295. The number of halogens is 2. The van der Waals surface area contributed by atoms with E-state index in [4.69, 9.17) is 9.47 Å². The summed E-state index contributed by atoms with van der Waals surface area (Å²) in [6.45, 7) is 0.407. The van der Waals surface area contributed by atoms with Gasteiger partial charge in [0, 0.05) is 17.1 Å². The third-order valence-corrected chi connectivity index (χ3v) is 2.42. The van der Waals surface area contributed by atoms with Crippen molar-refractivity contribution in [3.05, 3.63) is 34.1 Å². The first-order chi connectivity index (χ1) is 7.25. The zero-order chi connectivity index (χ0) is 11.1. The average molecular weight is 279 g/mol. The Kier molecular flexibility index (Phi) is 5.78. The molecule has 0 bridgehead atoms. The normalized spacial score (nSPS) is 10.6. The molecule has 3 nitrogen and oxygen atoms in total. The van der Waals surface area contributed by atoms with Gasteiger partial charge in [0.1, 0.15) is 19.4 Å². The van der Waals surface area contributed by atoms with Crippen LogP contribution in [0.4, 0.5) is 4.39 Å². The molecule has 1 aromatic rings. The third kappa shape index (κ3) is 4.25. The second kappa shape index (κ2) is 6.90. The SMILES string of the molecule is COCOCOCc1c(F)cccc1Br. The highest BCUT2D eigenvalue weighted by molar-refractivity contribution is 9.10. The van der Waals surface area contributed by atoms with Gasteiger partial charge >= 0.3 is 0 Å². The quantitative estimate of drug-likeness (QED) is 0.592. The average Bonchev–Trinajstić information content (AvgIpc) is 2.21. The lowest BCUT2D eigenvalue weighted by molar-refractivity contribution is -0.125. The maximum atomic E-state index is 13.3. The van der Waals surface area contributed by atoms with Crippen LogP contribution in [0.5, 0.6) is 0 Å². The summed E-state index contributed by atoms with van der Waals surface area (Å²) in [5.41, 5.74) is 0.485. The molecule has 0 atom stereocenters. The number of rotatable bonds is 6. The van der Waals surface area contributed by atoms with E-state index in [0.29, 0.717) is 10.0 Å². The highest BCUT2D eigenvalue weighted by Crippen LogP contribution is 2.20. The van der Waals surface area contributed by atoms with Gasteiger partial charge in [-0.2, -0.15) is 0 Å². The van der Waals surface area contributed by atoms with E-state index in [1.807, 2.05) is 0 Å². The molecule has 0 fully saturated rings. The molecular weight excluding hydrogens is 267 g/mol. The van der Waals surface area contributed by atoms with E-state index < -0.39 is 0 Å². The summed E-state index contributed by atoms with van der Waals surface area (Å²) in [6, 6.07) is 4.78. The van der Waals surface area contributed by atoms with Crippen LogP contribution in [0.15, 0.2) is 22.7 Å². The van der Waals surface area contributed by atoms with Crippen LogP contribution in [0.2, 0.25) is 0 Å². The summed E-state index contributed by atoms with van der Waals surface area (Å²) in [5.74, 6) is -0.295. The highest BCUT2D eigenvalue weighted by atomic mass is 79.9. The second-order valence-corrected chi connectivity index (χ2v) is 3.63. The van der Waals surface area contributed by atoms with Crippen molar-refractivity contribution in [1.82, 2.24) is 0 Å². The Morgan fingerprint density at radius 3 is 2.73 bits per heavy atom. The van der Waals surface area contributed by atoms with Crippen LogP contribution >= 0.6 is 15.9 Å². The molecule has 0 N–H and O–H groups in total. The van der Waals surface area contributed by atoms with Crippen molar-refractivity contribution >= 4 is 15.9 Å². The lowest BCUT2D eigenvalue weighted by Crippen LogP contribution is -2.04. The topological polar surface area (TPSA) is 27.7 Å². The molecule has 0 saturated heterocycles. The molecule has 0 saturated carbocycles. The summed E-state index contributed by atoms with van der Waals surface area (Å²) >= 11 is 3.24. The van der Waals surface area contributed by atoms with Gasteiger partial charge in [-0.15, -0.1) is 0 Å². The van der Waals surface area contributed by atoms with Crippen LogP contribution in [0.3, 0.4) is 0 Å². The van der Waals surface area contributed by atoms with Crippen molar-refractivity contribution in [1.29, 1.82) is 0 Å². The molecule has 1 rings (SSSR count). The minimum absolute atomic E-state index is 0.0780. The van der Waals surface area contributed by atoms with E-state index in [-0.39, 0.29) is 26.0 Å². The summed E-state index contributed by atoms with van der Waals surface area (Å²) in [6.07, 6.45) is 0. The van der Waals surface area contributed by atoms with E-state index in [1.54, 1.807) is 12.1 Å². The zero-order valence-corrected chi connectivity index (χ0v) is 9.92.